The summed E-state index contributed by atoms with van der Waals surface area (Å²) in [6, 6.07) is 24.1. The van der Waals surface area contributed by atoms with E-state index in [1.807, 2.05) is 0 Å². The summed E-state index contributed by atoms with van der Waals surface area (Å²) in [5, 5.41) is 7.90. The molecule has 0 unspecified atom stereocenters. The molecule has 0 atom stereocenters. The first-order valence-electron chi connectivity index (χ1n) is 14.8. The molecule has 3 aromatic carbocycles. The fourth-order valence-electron chi connectivity index (χ4n) is 5.86. The van der Waals surface area contributed by atoms with Gasteiger partial charge in [0.05, 0.1) is 10.9 Å². The Morgan fingerprint density at radius 3 is 2.49 bits per heavy atom. The summed E-state index contributed by atoms with van der Waals surface area (Å²) in [5.41, 5.74) is 4.99. The van der Waals surface area contributed by atoms with E-state index >= 15 is 0 Å². The average molecular weight is 633 g/mol. The predicted molar refractivity (Wildman–Crippen MR) is 173 cm³/mol. The molecule has 2 fully saturated rings. The molecule has 2 saturated heterocycles. The number of benzene rings is 3. The molecule has 0 saturated carbocycles. The van der Waals surface area contributed by atoms with Crippen molar-refractivity contribution in [3.8, 4) is 16.9 Å². The van der Waals surface area contributed by atoms with Gasteiger partial charge in [-0.2, -0.15) is 0 Å². The van der Waals surface area contributed by atoms with Gasteiger partial charge in [0.2, 0.25) is 5.91 Å². The Labute approximate surface area is 255 Å². The third kappa shape index (κ3) is 7.39. The topological polar surface area (TPSA) is 53.6 Å². The van der Waals surface area contributed by atoms with Crippen LogP contribution < -0.4 is 15.4 Å². The smallest absolute Gasteiger partial charge is 0.225 e. The minimum Gasteiger partial charge on any atom is -0.489 e. The maximum atomic E-state index is 12.9. The molecule has 2 N–H and O–H groups in total. The van der Waals surface area contributed by atoms with Gasteiger partial charge < -0.3 is 15.4 Å². The van der Waals surface area contributed by atoms with Crippen molar-refractivity contribution in [1.29, 1.82) is 0 Å². The second kappa shape index (κ2) is 13.1. The zero-order valence-corrected chi connectivity index (χ0v) is 26.0. The lowest BCUT2D eigenvalue weighted by Crippen LogP contribution is -2.44. The number of rotatable bonds is 8. The molecule has 2 aliphatic rings. The number of hydrogen-bond acceptors (Lipinski definition) is 5. The van der Waals surface area contributed by atoms with Crippen molar-refractivity contribution >= 4 is 43.3 Å². The second-order valence-corrected chi connectivity index (χ2v) is 13.5. The number of halogens is 1. The molecule has 214 valence electrons. The van der Waals surface area contributed by atoms with E-state index < -0.39 is 0 Å². The molecule has 4 aromatic rings. The standard InChI is InChI=1S/C34H38BrN3O2S/c1-23-2-5-25(6-3-23)26-7-8-27-19-30(41-33(27)20-26)21-34(39)37-28-12-16-38(17-13-28)22-24-4-9-32(31(35)18-24)40-29-10-14-36-15-11-29/h2-9,18-20,28-29,36H,10-17,21-22H2,1H3,(H,37,39). The lowest BCUT2D eigenvalue weighted by Gasteiger charge is -2.32. The number of ether oxygens (including phenoxy) is 1. The van der Waals surface area contributed by atoms with Crippen LogP contribution in [0, 0.1) is 6.92 Å². The Morgan fingerprint density at radius 1 is 0.976 bits per heavy atom. The Balaban J connectivity index is 0.972. The number of aryl methyl sites for hydroxylation is 1. The number of fused-ring (bicyclic) bond motifs is 1. The monoisotopic (exact) mass is 631 g/mol. The zero-order valence-electron chi connectivity index (χ0n) is 23.6. The van der Waals surface area contributed by atoms with Crippen LogP contribution in [-0.2, 0) is 17.8 Å². The highest BCUT2D eigenvalue weighted by Crippen LogP contribution is 2.32. The zero-order chi connectivity index (χ0) is 28.2. The summed E-state index contributed by atoms with van der Waals surface area (Å²) in [6.45, 7) is 7.05. The summed E-state index contributed by atoms with van der Waals surface area (Å²) in [4.78, 5) is 16.5. The van der Waals surface area contributed by atoms with Gasteiger partial charge in [-0.05, 0) is 108 Å². The van der Waals surface area contributed by atoms with Gasteiger partial charge in [-0.1, -0.05) is 48.0 Å². The summed E-state index contributed by atoms with van der Waals surface area (Å²) >= 11 is 5.45. The quantitative estimate of drug-likeness (QED) is 0.218. The normalized spacial score (nSPS) is 17.1. The first-order valence-corrected chi connectivity index (χ1v) is 16.4. The summed E-state index contributed by atoms with van der Waals surface area (Å²) in [5.74, 6) is 1.06. The van der Waals surface area contributed by atoms with Gasteiger partial charge >= 0.3 is 0 Å². The van der Waals surface area contributed by atoms with Crippen molar-refractivity contribution < 1.29 is 9.53 Å². The van der Waals surface area contributed by atoms with Gasteiger partial charge in [0.25, 0.3) is 0 Å². The second-order valence-electron chi connectivity index (χ2n) is 11.5. The Hall–Kier alpha value is -2.71. The molecular weight excluding hydrogens is 594 g/mol. The molecular formula is C34H38BrN3O2S. The van der Waals surface area contributed by atoms with Gasteiger partial charge in [-0.25, -0.2) is 0 Å². The van der Waals surface area contributed by atoms with Crippen LogP contribution in [0.5, 0.6) is 5.75 Å². The molecule has 41 heavy (non-hydrogen) atoms. The fourth-order valence-corrected chi connectivity index (χ4v) is 7.48. The van der Waals surface area contributed by atoms with Crippen LogP contribution in [0.4, 0.5) is 0 Å². The highest BCUT2D eigenvalue weighted by atomic mass is 79.9. The first-order chi connectivity index (χ1) is 20.0. The predicted octanol–water partition coefficient (Wildman–Crippen LogP) is 7.09. The number of carbonyl (C=O) groups excluding carboxylic acids is 1. The number of thiophene rings is 1. The Bertz CT molecular complexity index is 1490. The molecule has 1 amide bonds. The van der Waals surface area contributed by atoms with Crippen LogP contribution in [-0.4, -0.2) is 49.1 Å². The van der Waals surface area contributed by atoms with Crippen LogP contribution >= 0.6 is 27.3 Å². The molecule has 0 radical (unpaired) electrons. The van der Waals surface area contributed by atoms with E-state index in [2.05, 4.69) is 105 Å². The number of carbonyl (C=O) groups is 1. The van der Waals surface area contributed by atoms with Gasteiger partial charge in [-0.15, -0.1) is 11.3 Å². The average Bonchev–Trinajstić information content (AvgIpc) is 3.38. The van der Waals surface area contributed by atoms with Crippen LogP contribution in [0.3, 0.4) is 0 Å². The molecule has 0 bridgehead atoms. The van der Waals surface area contributed by atoms with Gasteiger partial charge in [0.1, 0.15) is 11.9 Å². The molecule has 7 heteroatoms. The third-order valence-corrected chi connectivity index (χ3v) is 9.94. The lowest BCUT2D eigenvalue weighted by molar-refractivity contribution is -0.121. The molecule has 0 aliphatic carbocycles. The molecule has 6 rings (SSSR count). The van der Waals surface area contributed by atoms with E-state index in [1.165, 1.54) is 32.3 Å². The van der Waals surface area contributed by atoms with Crippen LogP contribution in [0.15, 0.2) is 71.2 Å². The lowest BCUT2D eigenvalue weighted by atomic mass is 10.0. The van der Waals surface area contributed by atoms with E-state index in [0.717, 1.165) is 73.5 Å². The van der Waals surface area contributed by atoms with E-state index in [4.69, 9.17) is 4.74 Å². The Kier molecular flexibility index (Phi) is 9.06. The number of amides is 1. The summed E-state index contributed by atoms with van der Waals surface area (Å²) in [6.07, 6.45) is 4.81. The fraction of sp³-hybridized carbons (Fsp3) is 0.382. The summed E-state index contributed by atoms with van der Waals surface area (Å²) < 4.78 is 8.49. The van der Waals surface area contributed by atoms with Crippen LogP contribution in [0.25, 0.3) is 21.2 Å². The third-order valence-electron chi connectivity index (χ3n) is 8.23. The number of nitrogens with zero attached hydrogens (tertiary/aromatic N) is 1. The molecule has 2 aliphatic heterocycles. The minimum atomic E-state index is 0.127. The maximum Gasteiger partial charge on any atom is 0.225 e. The molecule has 0 spiro atoms. The first kappa shape index (κ1) is 28.4. The highest BCUT2D eigenvalue weighted by molar-refractivity contribution is 9.10. The number of hydrogen-bond donors (Lipinski definition) is 2. The van der Waals surface area contributed by atoms with Gasteiger partial charge in [0.15, 0.2) is 0 Å². The van der Waals surface area contributed by atoms with E-state index in [9.17, 15) is 4.79 Å². The van der Waals surface area contributed by atoms with Crippen molar-refractivity contribution in [3.05, 3.63) is 87.2 Å². The maximum absolute atomic E-state index is 12.9. The van der Waals surface area contributed by atoms with Crippen molar-refractivity contribution in [3.63, 3.8) is 0 Å². The molecule has 1 aromatic heterocycles. The van der Waals surface area contributed by atoms with Crippen molar-refractivity contribution in [1.82, 2.24) is 15.5 Å². The molecule has 5 nitrogen and oxygen atoms in total. The van der Waals surface area contributed by atoms with E-state index in [0.29, 0.717) is 12.5 Å². The largest absolute Gasteiger partial charge is 0.489 e. The van der Waals surface area contributed by atoms with Crippen molar-refractivity contribution in [2.75, 3.05) is 26.2 Å². The number of piperidine rings is 2. The van der Waals surface area contributed by atoms with Crippen LogP contribution in [0.1, 0.15) is 41.7 Å². The van der Waals surface area contributed by atoms with Crippen LogP contribution in [0.2, 0.25) is 0 Å². The highest BCUT2D eigenvalue weighted by Gasteiger charge is 2.22. The van der Waals surface area contributed by atoms with Gasteiger partial charge in [-0.3, -0.25) is 9.69 Å². The van der Waals surface area contributed by atoms with Gasteiger partial charge in [0, 0.05) is 35.3 Å². The van der Waals surface area contributed by atoms with Crippen molar-refractivity contribution in [2.45, 2.75) is 57.7 Å². The minimum absolute atomic E-state index is 0.127. The number of likely N-dealkylation sites (tertiary alicyclic amines) is 1. The van der Waals surface area contributed by atoms with Crippen molar-refractivity contribution in [2.24, 2.45) is 0 Å². The number of nitrogens with one attached hydrogen (secondary N) is 2. The SMILES string of the molecule is Cc1ccc(-c2ccc3cc(CC(=O)NC4CCN(Cc5ccc(OC6CCNCC6)c(Br)c5)CC4)sc3c2)cc1. The summed E-state index contributed by atoms with van der Waals surface area (Å²) in [7, 11) is 0. The van der Waals surface area contributed by atoms with E-state index in [1.54, 1.807) is 11.3 Å². The Morgan fingerprint density at radius 2 is 1.73 bits per heavy atom. The molecule has 3 heterocycles. The van der Waals surface area contributed by atoms with E-state index in [-0.39, 0.29) is 11.9 Å².